The minimum atomic E-state index is -0.316. The lowest BCUT2D eigenvalue weighted by Gasteiger charge is -2.33. The lowest BCUT2D eigenvalue weighted by atomic mass is 9.96. The van der Waals surface area contributed by atoms with Gasteiger partial charge < -0.3 is 9.80 Å². The van der Waals surface area contributed by atoms with Crippen LogP contribution in [0.1, 0.15) is 43.1 Å². The molecule has 1 aliphatic heterocycles. The van der Waals surface area contributed by atoms with E-state index in [2.05, 4.69) is 19.2 Å². The molecule has 8 heteroatoms. The molecule has 2 fully saturated rings. The average molecular weight is 362 g/mol. The average Bonchev–Trinajstić information content (AvgIpc) is 3.35. The van der Waals surface area contributed by atoms with Gasteiger partial charge in [0.05, 0.1) is 5.69 Å². The van der Waals surface area contributed by atoms with E-state index >= 15 is 0 Å². The number of hydrogen-bond acceptors (Lipinski definition) is 7. The van der Waals surface area contributed by atoms with Crippen LogP contribution in [0, 0.1) is 18.7 Å². The molecule has 0 N–H and O–H groups in total. The summed E-state index contributed by atoms with van der Waals surface area (Å²) >= 11 is 1.53. The van der Waals surface area contributed by atoms with Gasteiger partial charge in [-0.15, -0.1) is 0 Å². The fraction of sp³-hybridized carbons (Fsp3) is 0.647. The molecule has 1 aliphatic carbocycles. The third-order valence-electron chi connectivity index (χ3n) is 5.10. The quantitative estimate of drug-likeness (QED) is 0.815. The number of piperidine rings is 1. The van der Waals surface area contributed by atoms with Gasteiger partial charge in [-0.1, -0.05) is 0 Å². The molecule has 134 valence electrons. The standard InChI is InChI=1S/C17H23FN6S/c1-11-14(18)16(20-10-19-11)23(2)9-12-5-7-24(8-6-12)17-21-15(22-25-17)13-3-4-13/h10,12-13H,3-9H2,1-2H3. The third kappa shape index (κ3) is 3.58. The summed E-state index contributed by atoms with van der Waals surface area (Å²) in [7, 11) is 1.91. The molecule has 1 saturated heterocycles. The van der Waals surface area contributed by atoms with Gasteiger partial charge in [0.25, 0.3) is 0 Å². The van der Waals surface area contributed by atoms with Crippen LogP contribution in [0.4, 0.5) is 15.3 Å². The Hall–Kier alpha value is -1.83. The van der Waals surface area contributed by atoms with E-state index in [9.17, 15) is 4.39 Å². The monoisotopic (exact) mass is 362 g/mol. The van der Waals surface area contributed by atoms with Crippen molar-refractivity contribution in [1.82, 2.24) is 19.3 Å². The van der Waals surface area contributed by atoms with Crippen molar-refractivity contribution in [2.75, 3.05) is 36.5 Å². The molecule has 2 aromatic heterocycles. The van der Waals surface area contributed by atoms with Crippen molar-refractivity contribution in [3.63, 3.8) is 0 Å². The molecular formula is C17H23FN6S. The molecular weight excluding hydrogens is 339 g/mol. The molecule has 0 aromatic carbocycles. The van der Waals surface area contributed by atoms with E-state index in [4.69, 9.17) is 4.98 Å². The summed E-state index contributed by atoms with van der Waals surface area (Å²) in [5.74, 6) is 2.27. The highest BCUT2D eigenvalue weighted by Crippen LogP contribution is 2.40. The molecule has 6 nitrogen and oxygen atoms in total. The highest BCUT2D eigenvalue weighted by Gasteiger charge is 2.29. The second kappa shape index (κ2) is 6.82. The van der Waals surface area contributed by atoms with Crippen LogP contribution in [-0.2, 0) is 0 Å². The van der Waals surface area contributed by atoms with Gasteiger partial charge in [-0.05, 0) is 38.5 Å². The van der Waals surface area contributed by atoms with E-state index in [1.807, 2.05) is 11.9 Å². The van der Waals surface area contributed by atoms with Crippen molar-refractivity contribution >= 4 is 22.5 Å². The minimum Gasteiger partial charge on any atom is -0.357 e. The molecule has 2 aliphatic rings. The molecule has 4 rings (SSSR count). The van der Waals surface area contributed by atoms with Crippen LogP contribution < -0.4 is 9.80 Å². The number of hydrogen-bond donors (Lipinski definition) is 0. The Bertz CT molecular complexity index is 738. The predicted octanol–water partition coefficient (Wildman–Crippen LogP) is 3.01. The maximum Gasteiger partial charge on any atom is 0.205 e. The first kappa shape index (κ1) is 16.6. The van der Waals surface area contributed by atoms with Crippen molar-refractivity contribution in [2.45, 2.75) is 38.5 Å². The van der Waals surface area contributed by atoms with E-state index in [-0.39, 0.29) is 5.82 Å². The lowest BCUT2D eigenvalue weighted by molar-refractivity contribution is 0.406. The first-order valence-electron chi connectivity index (χ1n) is 8.88. The SMILES string of the molecule is Cc1ncnc(N(C)CC2CCN(c3nc(C4CC4)ns3)CC2)c1F. The predicted molar refractivity (Wildman–Crippen MR) is 96.8 cm³/mol. The highest BCUT2D eigenvalue weighted by molar-refractivity contribution is 7.09. The number of nitrogens with zero attached hydrogens (tertiary/aromatic N) is 6. The number of aromatic nitrogens is 4. The molecule has 3 heterocycles. The largest absolute Gasteiger partial charge is 0.357 e. The van der Waals surface area contributed by atoms with Gasteiger partial charge in [-0.25, -0.2) is 19.3 Å². The van der Waals surface area contributed by atoms with E-state index in [1.54, 1.807) is 6.92 Å². The Labute approximate surface area is 151 Å². The van der Waals surface area contributed by atoms with Crippen molar-refractivity contribution < 1.29 is 4.39 Å². The second-order valence-electron chi connectivity index (χ2n) is 7.12. The van der Waals surface area contributed by atoms with Gasteiger partial charge in [0.15, 0.2) is 11.6 Å². The van der Waals surface area contributed by atoms with Crippen LogP contribution >= 0.6 is 11.5 Å². The summed E-state index contributed by atoms with van der Waals surface area (Å²) in [6.07, 6.45) is 6.07. The normalized spacial score (nSPS) is 18.6. The van der Waals surface area contributed by atoms with Crippen LogP contribution in [0.3, 0.4) is 0 Å². The first-order valence-corrected chi connectivity index (χ1v) is 9.66. The zero-order chi connectivity index (χ0) is 17.4. The van der Waals surface area contributed by atoms with E-state index in [1.165, 1.54) is 30.7 Å². The van der Waals surface area contributed by atoms with Gasteiger partial charge in [0.2, 0.25) is 5.13 Å². The Morgan fingerprint density at radius 3 is 2.72 bits per heavy atom. The fourth-order valence-electron chi connectivity index (χ4n) is 3.35. The molecule has 0 bridgehead atoms. The zero-order valence-corrected chi connectivity index (χ0v) is 15.5. The number of anilines is 2. The van der Waals surface area contributed by atoms with Crippen LogP contribution in [-0.4, -0.2) is 46.0 Å². The van der Waals surface area contributed by atoms with Crippen molar-refractivity contribution in [1.29, 1.82) is 0 Å². The van der Waals surface area contributed by atoms with E-state index in [0.717, 1.165) is 43.4 Å². The molecule has 1 saturated carbocycles. The van der Waals surface area contributed by atoms with E-state index in [0.29, 0.717) is 23.3 Å². The summed E-state index contributed by atoms with van der Waals surface area (Å²) in [4.78, 5) is 17.0. The first-order chi connectivity index (χ1) is 12.1. The number of aryl methyl sites for hydroxylation is 1. The van der Waals surface area contributed by atoms with Crippen molar-refractivity contribution in [2.24, 2.45) is 5.92 Å². The topological polar surface area (TPSA) is 58.0 Å². The van der Waals surface area contributed by atoms with Crippen LogP contribution in [0.2, 0.25) is 0 Å². The minimum absolute atomic E-state index is 0.316. The molecule has 0 unspecified atom stereocenters. The summed E-state index contributed by atoms with van der Waals surface area (Å²) in [5.41, 5.74) is 0.398. The van der Waals surface area contributed by atoms with Gasteiger partial charge in [-0.3, -0.25) is 0 Å². The summed E-state index contributed by atoms with van der Waals surface area (Å²) in [6.45, 7) is 4.46. The Kier molecular flexibility index (Phi) is 4.54. The van der Waals surface area contributed by atoms with Gasteiger partial charge in [0, 0.05) is 44.1 Å². The van der Waals surface area contributed by atoms with E-state index < -0.39 is 0 Å². The number of halogens is 1. The highest BCUT2D eigenvalue weighted by atomic mass is 32.1. The second-order valence-corrected chi connectivity index (χ2v) is 7.85. The van der Waals surface area contributed by atoms with Crippen LogP contribution in [0.5, 0.6) is 0 Å². The summed E-state index contributed by atoms with van der Waals surface area (Å²) in [5, 5.41) is 1.06. The Morgan fingerprint density at radius 1 is 1.24 bits per heavy atom. The molecule has 0 spiro atoms. The van der Waals surface area contributed by atoms with Crippen LogP contribution in [0.25, 0.3) is 0 Å². The third-order valence-corrected chi connectivity index (χ3v) is 5.89. The lowest BCUT2D eigenvalue weighted by Crippen LogP contribution is -2.38. The van der Waals surface area contributed by atoms with Gasteiger partial charge >= 0.3 is 0 Å². The Morgan fingerprint density at radius 2 is 2.00 bits per heavy atom. The van der Waals surface area contributed by atoms with Crippen molar-refractivity contribution in [3.05, 3.63) is 23.7 Å². The zero-order valence-electron chi connectivity index (χ0n) is 14.7. The van der Waals surface area contributed by atoms with Crippen LogP contribution in [0.15, 0.2) is 6.33 Å². The van der Waals surface area contributed by atoms with Gasteiger partial charge in [0.1, 0.15) is 12.2 Å². The molecule has 25 heavy (non-hydrogen) atoms. The molecule has 0 amide bonds. The Balaban J connectivity index is 1.33. The van der Waals surface area contributed by atoms with Crippen molar-refractivity contribution in [3.8, 4) is 0 Å². The molecule has 2 aromatic rings. The summed E-state index contributed by atoms with van der Waals surface area (Å²) in [6, 6.07) is 0. The maximum absolute atomic E-state index is 14.2. The summed E-state index contributed by atoms with van der Waals surface area (Å²) < 4.78 is 18.7. The number of rotatable bonds is 5. The smallest absolute Gasteiger partial charge is 0.205 e. The maximum atomic E-state index is 14.2. The fourth-order valence-corrected chi connectivity index (χ4v) is 4.15. The van der Waals surface area contributed by atoms with Gasteiger partial charge in [-0.2, -0.15) is 4.37 Å². The molecule has 0 atom stereocenters. The molecule has 0 radical (unpaired) electrons.